The number of hydrogen-bond acceptors (Lipinski definition) is 5. The number of thiophene rings is 1. The van der Waals surface area contributed by atoms with Gasteiger partial charge in [0.15, 0.2) is 0 Å². The summed E-state index contributed by atoms with van der Waals surface area (Å²) in [6, 6.07) is 11.0. The number of nitrogens with zero attached hydrogens (tertiary/aromatic N) is 2. The van der Waals surface area contributed by atoms with Crippen LogP contribution in [-0.2, 0) is 11.2 Å². The topological polar surface area (TPSA) is 68.0 Å². The molecule has 0 bridgehead atoms. The summed E-state index contributed by atoms with van der Waals surface area (Å²) in [5.74, 6) is 0.198. The first-order valence-corrected chi connectivity index (χ1v) is 6.89. The predicted octanol–water partition coefficient (Wildman–Crippen LogP) is 2.98. The molecule has 6 heteroatoms. The first kappa shape index (κ1) is 12.6. The SMILES string of the molecule is O=C(Cc1cccs1)Nc1cc(-c2ccccn2)no1. The number of amides is 1. The molecule has 3 aromatic rings. The fourth-order valence-electron chi connectivity index (χ4n) is 1.72. The Balaban J connectivity index is 1.67. The number of anilines is 1. The summed E-state index contributed by atoms with van der Waals surface area (Å²) in [4.78, 5) is 17.0. The Bertz CT molecular complexity index is 692. The summed E-state index contributed by atoms with van der Waals surface area (Å²) in [5.41, 5.74) is 1.30. The van der Waals surface area contributed by atoms with Gasteiger partial charge < -0.3 is 4.52 Å². The number of nitrogens with one attached hydrogen (secondary N) is 1. The lowest BCUT2D eigenvalue weighted by Crippen LogP contribution is -2.13. The van der Waals surface area contributed by atoms with Crippen LogP contribution in [0.1, 0.15) is 4.88 Å². The van der Waals surface area contributed by atoms with Gasteiger partial charge in [-0.05, 0) is 23.6 Å². The Kier molecular flexibility index (Phi) is 3.56. The molecule has 0 unspecified atom stereocenters. The zero-order valence-corrected chi connectivity index (χ0v) is 11.3. The summed E-state index contributed by atoms with van der Waals surface area (Å²) in [5, 5.41) is 8.51. The molecule has 1 N–H and O–H groups in total. The minimum absolute atomic E-state index is 0.129. The second kappa shape index (κ2) is 5.66. The molecule has 5 nitrogen and oxygen atoms in total. The van der Waals surface area contributed by atoms with Gasteiger partial charge in [-0.25, -0.2) is 0 Å². The van der Waals surface area contributed by atoms with Crippen LogP contribution in [0.3, 0.4) is 0 Å². The lowest BCUT2D eigenvalue weighted by atomic mass is 10.3. The Morgan fingerprint density at radius 1 is 1.25 bits per heavy atom. The van der Waals surface area contributed by atoms with Crippen molar-refractivity contribution in [3.63, 3.8) is 0 Å². The fraction of sp³-hybridized carbons (Fsp3) is 0.0714. The van der Waals surface area contributed by atoms with E-state index in [-0.39, 0.29) is 5.91 Å². The molecule has 20 heavy (non-hydrogen) atoms. The van der Waals surface area contributed by atoms with Crippen molar-refractivity contribution in [2.45, 2.75) is 6.42 Å². The molecule has 100 valence electrons. The van der Waals surface area contributed by atoms with Crippen LogP contribution in [0.5, 0.6) is 0 Å². The maximum atomic E-state index is 11.8. The van der Waals surface area contributed by atoms with Gasteiger partial charge in [0, 0.05) is 17.1 Å². The first-order chi connectivity index (χ1) is 9.81. The van der Waals surface area contributed by atoms with E-state index < -0.39 is 0 Å². The number of carbonyl (C=O) groups is 1. The third-order valence-electron chi connectivity index (χ3n) is 2.61. The van der Waals surface area contributed by atoms with Crippen molar-refractivity contribution >= 4 is 23.1 Å². The quantitative estimate of drug-likeness (QED) is 0.800. The van der Waals surface area contributed by atoms with E-state index in [1.165, 1.54) is 0 Å². The molecule has 0 aromatic carbocycles. The predicted molar refractivity (Wildman–Crippen MR) is 76.4 cm³/mol. The summed E-state index contributed by atoms with van der Waals surface area (Å²) in [6.07, 6.45) is 2.01. The molecule has 0 radical (unpaired) electrons. The van der Waals surface area contributed by atoms with Crippen molar-refractivity contribution in [2.75, 3.05) is 5.32 Å². The van der Waals surface area contributed by atoms with E-state index in [0.29, 0.717) is 23.7 Å². The minimum Gasteiger partial charge on any atom is -0.338 e. The molecule has 3 rings (SSSR count). The summed E-state index contributed by atoms with van der Waals surface area (Å²) < 4.78 is 5.09. The lowest BCUT2D eigenvalue weighted by Gasteiger charge is -1.98. The molecule has 0 fully saturated rings. The van der Waals surface area contributed by atoms with Gasteiger partial charge in [0.1, 0.15) is 5.69 Å². The highest BCUT2D eigenvalue weighted by atomic mass is 32.1. The standard InChI is InChI=1S/C14H11N3O2S/c18-13(8-10-4-3-7-20-10)16-14-9-12(17-19-14)11-5-1-2-6-15-11/h1-7,9H,8H2,(H,16,18). The number of rotatable bonds is 4. The van der Waals surface area contributed by atoms with E-state index in [4.69, 9.17) is 4.52 Å². The van der Waals surface area contributed by atoms with E-state index >= 15 is 0 Å². The third kappa shape index (κ3) is 2.92. The van der Waals surface area contributed by atoms with E-state index in [1.54, 1.807) is 23.6 Å². The molecule has 0 aliphatic carbocycles. The van der Waals surface area contributed by atoms with Crippen molar-refractivity contribution in [3.8, 4) is 11.4 Å². The largest absolute Gasteiger partial charge is 0.338 e. The second-order valence-electron chi connectivity index (χ2n) is 4.10. The molecule has 3 heterocycles. The molecular formula is C14H11N3O2S. The normalized spacial score (nSPS) is 10.4. The van der Waals surface area contributed by atoms with E-state index in [2.05, 4.69) is 15.5 Å². The van der Waals surface area contributed by atoms with Gasteiger partial charge in [-0.1, -0.05) is 17.3 Å². The fourth-order valence-corrected chi connectivity index (χ4v) is 2.43. The molecule has 0 aliphatic rings. The zero-order valence-electron chi connectivity index (χ0n) is 10.4. The molecule has 3 aromatic heterocycles. The maximum Gasteiger partial charge on any atom is 0.232 e. The smallest absolute Gasteiger partial charge is 0.232 e. The van der Waals surface area contributed by atoms with Gasteiger partial charge in [-0.15, -0.1) is 11.3 Å². The van der Waals surface area contributed by atoms with Gasteiger partial charge in [0.2, 0.25) is 11.8 Å². The van der Waals surface area contributed by atoms with Crippen LogP contribution in [0.4, 0.5) is 5.88 Å². The Morgan fingerprint density at radius 3 is 2.95 bits per heavy atom. The van der Waals surface area contributed by atoms with Gasteiger partial charge in [0.05, 0.1) is 12.1 Å². The molecule has 0 saturated heterocycles. The maximum absolute atomic E-state index is 11.8. The average molecular weight is 285 g/mol. The Morgan fingerprint density at radius 2 is 2.20 bits per heavy atom. The average Bonchev–Trinajstić information content (AvgIpc) is 3.11. The highest BCUT2D eigenvalue weighted by molar-refractivity contribution is 7.10. The van der Waals surface area contributed by atoms with Crippen molar-refractivity contribution < 1.29 is 9.32 Å². The van der Waals surface area contributed by atoms with Crippen molar-refractivity contribution in [1.82, 2.24) is 10.1 Å². The second-order valence-corrected chi connectivity index (χ2v) is 5.13. The van der Waals surface area contributed by atoms with Crippen molar-refractivity contribution in [1.29, 1.82) is 0 Å². The molecule has 0 saturated carbocycles. The van der Waals surface area contributed by atoms with E-state index in [9.17, 15) is 4.79 Å². The number of pyridine rings is 1. The van der Waals surface area contributed by atoms with Crippen LogP contribution in [0.15, 0.2) is 52.5 Å². The summed E-state index contributed by atoms with van der Waals surface area (Å²) >= 11 is 1.55. The number of hydrogen-bond donors (Lipinski definition) is 1. The number of carbonyl (C=O) groups excluding carboxylic acids is 1. The zero-order chi connectivity index (χ0) is 13.8. The molecular weight excluding hydrogens is 274 g/mol. The van der Waals surface area contributed by atoms with Crippen LogP contribution >= 0.6 is 11.3 Å². The van der Waals surface area contributed by atoms with Crippen LogP contribution in [0.2, 0.25) is 0 Å². The summed E-state index contributed by atoms with van der Waals surface area (Å²) in [7, 11) is 0. The van der Waals surface area contributed by atoms with Crippen LogP contribution < -0.4 is 5.32 Å². The van der Waals surface area contributed by atoms with Gasteiger partial charge in [0.25, 0.3) is 0 Å². The van der Waals surface area contributed by atoms with Gasteiger partial charge in [-0.2, -0.15) is 0 Å². The van der Waals surface area contributed by atoms with Crippen LogP contribution in [-0.4, -0.2) is 16.0 Å². The summed E-state index contributed by atoms with van der Waals surface area (Å²) in [6.45, 7) is 0. The van der Waals surface area contributed by atoms with Crippen molar-refractivity contribution in [3.05, 3.63) is 52.9 Å². The number of aromatic nitrogens is 2. The highest BCUT2D eigenvalue weighted by Gasteiger charge is 2.11. The lowest BCUT2D eigenvalue weighted by molar-refractivity contribution is -0.115. The molecule has 0 aliphatic heterocycles. The highest BCUT2D eigenvalue weighted by Crippen LogP contribution is 2.19. The molecule has 1 amide bonds. The van der Waals surface area contributed by atoms with Gasteiger partial charge >= 0.3 is 0 Å². The van der Waals surface area contributed by atoms with Crippen LogP contribution in [0, 0.1) is 0 Å². The van der Waals surface area contributed by atoms with Gasteiger partial charge in [-0.3, -0.25) is 15.1 Å². The monoisotopic (exact) mass is 285 g/mol. The Hall–Kier alpha value is -2.47. The molecule has 0 spiro atoms. The van der Waals surface area contributed by atoms with E-state index in [1.807, 2.05) is 35.7 Å². The Labute approximate surface area is 119 Å². The van der Waals surface area contributed by atoms with Crippen LogP contribution in [0.25, 0.3) is 11.4 Å². The first-order valence-electron chi connectivity index (χ1n) is 6.01. The van der Waals surface area contributed by atoms with E-state index in [0.717, 1.165) is 4.88 Å². The molecule has 0 atom stereocenters. The third-order valence-corrected chi connectivity index (χ3v) is 3.49. The minimum atomic E-state index is -0.129. The van der Waals surface area contributed by atoms with Crippen molar-refractivity contribution in [2.24, 2.45) is 0 Å².